The molecule has 0 heterocycles. The Bertz CT molecular complexity index is 4170. The summed E-state index contributed by atoms with van der Waals surface area (Å²) >= 11 is -8.08. The molecule has 0 aliphatic rings. The van der Waals surface area contributed by atoms with Crippen LogP contribution in [0.1, 0.15) is 0 Å². The van der Waals surface area contributed by atoms with E-state index in [1.807, 2.05) is 0 Å². The Labute approximate surface area is 533 Å². The molecule has 0 N–H and O–H groups in total. The molecule has 13 aromatic rings. The number of hydrogen-bond acceptors (Lipinski definition) is 2. The van der Waals surface area contributed by atoms with Gasteiger partial charge in [0.1, 0.15) is 0 Å². The number of anilines is 6. The number of hydrogen-bond donors (Lipinski definition) is 0. The fourth-order valence-electron chi connectivity index (χ4n) is 13.2. The molecule has 88 heavy (non-hydrogen) atoms. The van der Waals surface area contributed by atoms with Gasteiger partial charge >= 0.3 is 419 Å². The van der Waals surface area contributed by atoms with Crippen molar-refractivity contribution >= 4 is 148 Å². The van der Waals surface area contributed by atoms with E-state index in [9.17, 15) is 0 Å². The van der Waals surface area contributed by atoms with E-state index >= 15 is 0 Å². The first-order valence-corrected chi connectivity index (χ1v) is 60.8. The summed E-state index contributed by atoms with van der Waals surface area (Å²) in [6.45, 7) is 0. The van der Waals surface area contributed by atoms with Gasteiger partial charge in [-0.15, -0.1) is 0 Å². The molecule has 0 aliphatic heterocycles. The van der Waals surface area contributed by atoms with Crippen molar-refractivity contribution in [1.29, 1.82) is 0 Å². The van der Waals surface area contributed by atoms with E-state index in [0.29, 0.717) is 0 Å². The molecule has 2 nitrogen and oxygen atoms in total. The van der Waals surface area contributed by atoms with Crippen molar-refractivity contribution in [1.82, 2.24) is 0 Å². The topological polar surface area (TPSA) is 6.48 Å². The fourth-order valence-corrected chi connectivity index (χ4v) is 23.0. The van der Waals surface area contributed by atoms with E-state index in [1.54, 1.807) is 0 Å². The number of rotatable bonds is 14. The fraction of sp³-hybridized carbons (Fsp3) is 0.146. The molecule has 0 unspecified atom stereocenters. The van der Waals surface area contributed by atoms with Gasteiger partial charge in [0.25, 0.3) is 0 Å². The van der Waals surface area contributed by atoms with Crippen molar-refractivity contribution in [2.75, 3.05) is 9.80 Å². The molecule has 0 spiro atoms. The van der Waals surface area contributed by atoms with Gasteiger partial charge in [-0.25, -0.2) is 0 Å². The zero-order chi connectivity index (χ0) is 61.3. The van der Waals surface area contributed by atoms with Gasteiger partial charge < -0.3 is 0 Å². The van der Waals surface area contributed by atoms with Crippen molar-refractivity contribution in [3.05, 3.63) is 267 Å². The molecule has 13 rings (SSSR count). The summed E-state index contributed by atoms with van der Waals surface area (Å²) in [5.74, 6) is 29.6. The standard InChI is InChI=1S/C82H80Ge4N2/c1-83(2,3)61-37-49-67(50-38-61)87(68-51-39-62(40-52-68)84(4,5)6)65-45-33-59(34-46-65)81-75-25-17-13-21-71(75)79(72-22-14-18-26-76(72)81)57-29-31-58(32-30-57)80-73-23-15-19-27-77(73)82(78-28-20-16-24-74(78)80)60-35-47-66(48-36-60)88(69-53-41-63(42-54-69)85(7,8)9)70-55-43-64(44-56-70)86(10,11)12/h13-56H,1-12H3. The van der Waals surface area contributed by atoms with E-state index in [4.69, 9.17) is 0 Å². The number of benzene rings is 13. The second-order valence-electron chi connectivity index (χ2n) is 28.2. The minimum atomic E-state index is -2.02. The van der Waals surface area contributed by atoms with Crippen molar-refractivity contribution < 1.29 is 0 Å². The summed E-state index contributed by atoms with van der Waals surface area (Å²) in [6.07, 6.45) is 0. The summed E-state index contributed by atoms with van der Waals surface area (Å²) < 4.78 is 6.06. The van der Waals surface area contributed by atoms with Crippen LogP contribution in [-0.4, -0.2) is 53.1 Å². The Kier molecular flexibility index (Phi) is 16.0. The molecule has 0 radical (unpaired) electrons. The monoisotopic (exact) mass is 1390 g/mol. The van der Waals surface area contributed by atoms with Crippen molar-refractivity contribution in [2.45, 2.75) is 69.1 Å². The van der Waals surface area contributed by atoms with E-state index in [-0.39, 0.29) is 0 Å². The molecule has 0 amide bonds. The van der Waals surface area contributed by atoms with Gasteiger partial charge in [-0.2, -0.15) is 0 Å². The van der Waals surface area contributed by atoms with E-state index in [2.05, 4.69) is 346 Å². The summed E-state index contributed by atoms with van der Waals surface area (Å²) in [4.78, 5) is 4.87. The quantitative estimate of drug-likeness (QED) is 0.0791. The number of fused-ring (bicyclic) bond motifs is 4. The van der Waals surface area contributed by atoms with Crippen LogP contribution in [0.3, 0.4) is 0 Å². The molecule has 434 valence electrons. The van der Waals surface area contributed by atoms with Crippen LogP contribution in [0.5, 0.6) is 0 Å². The van der Waals surface area contributed by atoms with Gasteiger partial charge in [0, 0.05) is 0 Å². The molecule has 0 saturated heterocycles. The molecule has 0 bridgehead atoms. The van der Waals surface area contributed by atoms with E-state index in [1.165, 1.54) is 128 Å². The van der Waals surface area contributed by atoms with Gasteiger partial charge in [0.2, 0.25) is 0 Å². The Balaban J connectivity index is 0.871. The normalized spacial score (nSPS) is 12.3. The third-order valence-electron chi connectivity index (χ3n) is 18.1. The van der Waals surface area contributed by atoms with Gasteiger partial charge in [0.05, 0.1) is 0 Å². The van der Waals surface area contributed by atoms with Crippen LogP contribution in [0.2, 0.25) is 69.1 Å². The van der Waals surface area contributed by atoms with Gasteiger partial charge in [-0.3, -0.25) is 0 Å². The maximum absolute atomic E-state index is 2.47. The van der Waals surface area contributed by atoms with E-state index < -0.39 is 53.1 Å². The van der Waals surface area contributed by atoms with Crippen LogP contribution in [0.25, 0.3) is 87.6 Å². The molecule has 13 aromatic carbocycles. The van der Waals surface area contributed by atoms with E-state index in [0.717, 1.165) is 11.4 Å². The van der Waals surface area contributed by atoms with Crippen LogP contribution in [0, 0.1) is 0 Å². The molecule has 0 aliphatic carbocycles. The van der Waals surface area contributed by atoms with Crippen LogP contribution < -0.4 is 27.4 Å². The first kappa shape index (κ1) is 59.6. The Morgan fingerprint density at radius 2 is 0.307 bits per heavy atom. The predicted octanol–water partition coefficient (Wildman–Crippen LogP) is 22.1. The van der Waals surface area contributed by atoms with Crippen molar-refractivity contribution in [3.8, 4) is 44.5 Å². The number of nitrogens with zero attached hydrogens (tertiary/aromatic N) is 2. The van der Waals surface area contributed by atoms with Gasteiger partial charge in [0.15, 0.2) is 0 Å². The Morgan fingerprint density at radius 1 is 0.170 bits per heavy atom. The maximum atomic E-state index is 2.47. The molecule has 0 aromatic heterocycles. The minimum absolute atomic E-state index is 1.15. The SMILES string of the molecule is [CH3][Ge]([CH3])([CH3])[c]1ccc(N(c2ccc(-c3c4ccccc4c(-c4ccc(-c5c6ccccc6c(-c6ccc(N(c7cc[c]([Ge]([CH3])([CH3])[CH3])cc7)c7cc[c]([Ge]([CH3])([CH3])[CH3])cc7)cc6)c6ccccc56)cc4)c4ccccc34)cc2)c2cc[c]([Ge]([CH3])([CH3])[CH3])cc2)cc1. The molecular weight excluding hydrogens is 1300 g/mol. The summed E-state index contributed by atoms with van der Waals surface area (Å²) in [6, 6.07) is 102. The average Bonchev–Trinajstić information content (AvgIpc) is 0.916. The summed E-state index contributed by atoms with van der Waals surface area (Å²) in [5, 5.41) is 9.98. The summed E-state index contributed by atoms with van der Waals surface area (Å²) in [7, 11) is 0. The molecule has 6 heteroatoms. The predicted molar refractivity (Wildman–Crippen MR) is 399 cm³/mol. The second kappa shape index (κ2) is 23.6. The Hall–Kier alpha value is -7.33. The second-order valence-corrected chi connectivity index (χ2v) is 70.8. The first-order chi connectivity index (χ1) is 42.2. The van der Waals surface area contributed by atoms with Gasteiger partial charge in [-0.05, 0) is 22.3 Å². The third-order valence-corrected chi connectivity index (χ3v) is 35.5. The molecule has 0 atom stereocenters. The van der Waals surface area contributed by atoms with Gasteiger partial charge in [-0.1, -0.05) is 97.1 Å². The summed E-state index contributed by atoms with van der Waals surface area (Å²) in [5.41, 5.74) is 16.9. The zero-order valence-electron chi connectivity index (χ0n) is 53.3. The van der Waals surface area contributed by atoms with Crippen LogP contribution in [0.4, 0.5) is 34.1 Å². The van der Waals surface area contributed by atoms with Crippen LogP contribution in [0.15, 0.2) is 267 Å². The van der Waals surface area contributed by atoms with Crippen molar-refractivity contribution in [3.63, 3.8) is 0 Å². The molecular formula is C82H80Ge4N2. The van der Waals surface area contributed by atoms with Crippen molar-refractivity contribution in [2.24, 2.45) is 0 Å². The third kappa shape index (κ3) is 11.6. The molecule has 0 saturated carbocycles. The average molecular weight is 1380 g/mol. The zero-order valence-corrected chi connectivity index (χ0v) is 61.7. The van der Waals surface area contributed by atoms with Crippen LogP contribution >= 0.6 is 0 Å². The van der Waals surface area contributed by atoms with Crippen LogP contribution in [-0.2, 0) is 0 Å². The first-order valence-electron chi connectivity index (χ1n) is 31.4. The Morgan fingerprint density at radius 3 is 0.455 bits per heavy atom. The molecule has 0 fully saturated rings.